The van der Waals surface area contributed by atoms with E-state index in [1.807, 2.05) is 37.8 Å². The minimum Gasteiger partial charge on any atom is -0.346 e. The summed E-state index contributed by atoms with van der Waals surface area (Å²) in [5.41, 5.74) is 5.44. The van der Waals surface area contributed by atoms with Crippen LogP contribution in [0, 0.1) is 26.6 Å². The van der Waals surface area contributed by atoms with Gasteiger partial charge in [0.05, 0.1) is 16.1 Å². The number of anilines is 1. The van der Waals surface area contributed by atoms with Crippen LogP contribution in [-0.4, -0.2) is 51.8 Å². The fourth-order valence-electron chi connectivity index (χ4n) is 4.41. The van der Waals surface area contributed by atoms with E-state index in [1.54, 1.807) is 28.2 Å². The predicted octanol–water partition coefficient (Wildman–Crippen LogP) is 4.90. The van der Waals surface area contributed by atoms with Gasteiger partial charge in [0.15, 0.2) is 10.8 Å². The number of carbonyl (C=O) groups is 1. The predicted molar refractivity (Wildman–Crippen MR) is 130 cm³/mol. The molecule has 33 heavy (non-hydrogen) atoms. The molecule has 0 unspecified atom stereocenters. The van der Waals surface area contributed by atoms with Crippen molar-refractivity contribution in [3.8, 4) is 5.69 Å². The highest BCUT2D eigenvalue weighted by Crippen LogP contribution is 2.33. The van der Waals surface area contributed by atoms with Gasteiger partial charge in [0.1, 0.15) is 5.82 Å². The molecule has 1 aliphatic rings. The largest absolute Gasteiger partial charge is 0.346 e. The number of halogens is 1. The maximum absolute atomic E-state index is 13.4. The van der Waals surface area contributed by atoms with E-state index in [0.29, 0.717) is 6.54 Å². The van der Waals surface area contributed by atoms with Gasteiger partial charge in [-0.05, 0) is 63.6 Å². The molecule has 1 amide bonds. The fourth-order valence-corrected chi connectivity index (χ4v) is 5.45. The highest BCUT2D eigenvalue weighted by molar-refractivity contribution is 7.22. The van der Waals surface area contributed by atoms with E-state index in [-0.39, 0.29) is 11.7 Å². The van der Waals surface area contributed by atoms with Crippen molar-refractivity contribution in [2.75, 3.05) is 31.1 Å². The average molecular weight is 464 g/mol. The standard InChI is InChI=1S/C25H26FN5OS/c1-16-13-17(2)15-19(14-16)24(32)29-9-4-10-30(12-11-29)25-27-23-22(33-25)18(3)28-31(23)21-7-5-20(26)6-8-21/h5-8,13-15H,4,9-12H2,1-3H3. The fraction of sp³-hybridized carbons (Fsp3) is 0.320. The summed E-state index contributed by atoms with van der Waals surface area (Å²) in [7, 11) is 0. The number of aryl methyl sites for hydroxylation is 3. The molecule has 1 aliphatic heterocycles. The first kappa shape index (κ1) is 21.6. The molecule has 0 radical (unpaired) electrons. The van der Waals surface area contributed by atoms with E-state index in [2.05, 4.69) is 16.1 Å². The molecular weight excluding hydrogens is 437 g/mol. The van der Waals surface area contributed by atoms with Gasteiger partial charge in [0.25, 0.3) is 5.91 Å². The second kappa shape index (κ2) is 8.59. The maximum Gasteiger partial charge on any atom is 0.253 e. The number of aromatic nitrogens is 3. The highest BCUT2D eigenvalue weighted by atomic mass is 32.1. The van der Waals surface area contributed by atoms with Crippen LogP contribution in [0.2, 0.25) is 0 Å². The Bertz CT molecular complexity index is 1310. The van der Waals surface area contributed by atoms with Crippen LogP contribution in [0.5, 0.6) is 0 Å². The summed E-state index contributed by atoms with van der Waals surface area (Å²) in [5.74, 6) is -0.182. The van der Waals surface area contributed by atoms with Crippen molar-refractivity contribution < 1.29 is 9.18 Å². The summed E-state index contributed by atoms with van der Waals surface area (Å²) in [6.07, 6.45) is 0.884. The summed E-state index contributed by atoms with van der Waals surface area (Å²) in [5, 5.41) is 5.54. The SMILES string of the molecule is Cc1cc(C)cc(C(=O)N2CCCN(c3nc4c(s3)c(C)nn4-c3ccc(F)cc3)CC2)c1. The molecule has 170 valence electrons. The van der Waals surface area contributed by atoms with Crippen LogP contribution in [-0.2, 0) is 0 Å². The third-order valence-corrected chi connectivity index (χ3v) is 7.18. The van der Waals surface area contributed by atoms with Crippen LogP contribution in [0.3, 0.4) is 0 Å². The Balaban J connectivity index is 1.37. The number of hydrogen-bond donors (Lipinski definition) is 0. The van der Waals surface area contributed by atoms with E-state index in [4.69, 9.17) is 4.98 Å². The van der Waals surface area contributed by atoms with Gasteiger partial charge in [-0.15, -0.1) is 0 Å². The van der Waals surface area contributed by atoms with Gasteiger partial charge in [0, 0.05) is 31.7 Å². The maximum atomic E-state index is 13.4. The Hall–Kier alpha value is -3.26. The topological polar surface area (TPSA) is 54.3 Å². The molecule has 3 heterocycles. The summed E-state index contributed by atoms with van der Waals surface area (Å²) >= 11 is 1.62. The van der Waals surface area contributed by atoms with Gasteiger partial charge >= 0.3 is 0 Å². The van der Waals surface area contributed by atoms with Crippen molar-refractivity contribution in [1.29, 1.82) is 0 Å². The molecule has 0 N–H and O–H groups in total. The molecule has 1 fully saturated rings. The van der Waals surface area contributed by atoms with E-state index in [9.17, 15) is 9.18 Å². The average Bonchev–Trinajstić information content (AvgIpc) is 3.24. The van der Waals surface area contributed by atoms with Gasteiger partial charge in [-0.2, -0.15) is 10.1 Å². The molecule has 5 rings (SSSR count). The van der Waals surface area contributed by atoms with Crippen molar-refractivity contribution in [3.63, 3.8) is 0 Å². The number of benzene rings is 2. The molecule has 0 aliphatic carbocycles. The summed E-state index contributed by atoms with van der Waals surface area (Å²) in [6.45, 7) is 8.98. The Morgan fingerprint density at radius 2 is 1.70 bits per heavy atom. The molecule has 2 aromatic heterocycles. The molecule has 0 saturated carbocycles. The van der Waals surface area contributed by atoms with Crippen molar-refractivity contribution in [2.45, 2.75) is 27.2 Å². The Kier molecular flexibility index (Phi) is 5.62. The molecule has 6 nitrogen and oxygen atoms in total. The van der Waals surface area contributed by atoms with Crippen molar-refractivity contribution in [3.05, 3.63) is 70.7 Å². The van der Waals surface area contributed by atoms with Gasteiger partial charge < -0.3 is 9.80 Å². The quantitative estimate of drug-likeness (QED) is 0.434. The number of amides is 1. The number of rotatable bonds is 3. The van der Waals surface area contributed by atoms with Gasteiger partial charge in [-0.25, -0.2) is 9.07 Å². The highest BCUT2D eigenvalue weighted by Gasteiger charge is 2.24. The first-order valence-electron chi connectivity index (χ1n) is 11.1. The van der Waals surface area contributed by atoms with Crippen molar-refractivity contribution in [2.24, 2.45) is 0 Å². The van der Waals surface area contributed by atoms with E-state index in [1.165, 1.54) is 12.1 Å². The Labute approximate surface area is 196 Å². The minimum absolute atomic E-state index is 0.0933. The number of carbonyl (C=O) groups excluding carboxylic acids is 1. The Morgan fingerprint density at radius 3 is 2.42 bits per heavy atom. The van der Waals surface area contributed by atoms with Crippen LogP contribution in [0.4, 0.5) is 9.52 Å². The molecule has 0 atom stereocenters. The van der Waals surface area contributed by atoms with Crippen LogP contribution in [0.1, 0.15) is 33.6 Å². The van der Waals surface area contributed by atoms with E-state index in [0.717, 1.165) is 69.6 Å². The summed E-state index contributed by atoms with van der Waals surface area (Å²) < 4.78 is 16.2. The number of hydrogen-bond acceptors (Lipinski definition) is 5. The summed E-state index contributed by atoms with van der Waals surface area (Å²) in [4.78, 5) is 22.2. The van der Waals surface area contributed by atoms with Crippen LogP contribution in [0.25, 0.3) is 16.0 Å². The van der Waals surface area contributed by atoms with Crippen LogP contribution >= 0.6 is 11.3 Å². The number of nitrogens with zero attached hydrogens (tertiary/aromatic N) is 5. The number of fused-ring (bicyclic) bond motifs is 1. The lowest BCUT2D eigenvalue weighted by Crippen LogP contribution is -2.35. The molecule has 0 bridgehead atoms. The normalized spacial score (nSPS) is 14.7. The molecule has 2 aromatic carbocycles. The third kappa shape index (κ3) is 4.23. The zero-order valence-electron chi connectivity index (χ0n) is 19.0. The second-order valence-corrected chi connectivity index (χ2v) is 9.61. The lowest BCUT2D eigenvalue weighted by atomic mass is 10.1. The number of thiazole rings is 1. The zero-order chi connectivity index (χ0) is 23.1. The molecule has 0 spiro atoms. The van der Waals surface area contributed by atoms with E-state index >= 15 is 0 Å². The smallest absolute Gasteiger partial charge is 0.253 e. The minimum atomic E-state index is -0.276. The van der Waals surface area contributed by atoms with E-state index < -0.39 is 0 Å². The molecule has 8 heteroatoms. The molecular formula is C25H26FN5OS. The van der Waals surface area contributed by atoms with Crippen LogP contribution < -0.4 is 4.90 Å². The zero-order valence-corrected chi connectivity index (χ0v) is 19.8. The van der Waals surface area contributed by atoms with Gasteiger partial charge in [0.2, 0.25) is 0 Å². The molecule has 4 aromatic rings. The van der Waals surface area contributed by atoms with Crippen molar-refractivity contribution in [1.82, 2.24) is 19.7 Å². The van der Waals surface area contributed by atoms with Gasteiger partial charge in [-0.1, -0.05) is 28.5 Å². The Morgan fingerprint density at radius 1 is 0.970 bits per heavy atom. The summed E-state index contributed by atoms with van der Waals surface area (Å²) in [6, 6.07) is 12.3. The lowest BCUT2D eigenvalue weighted by molar-refractivity contribution is 0.0767. The lowest BCUT2D eigenvalue weighted by Gasteiger charge is -2.22. The first-order valence-corrected chi connectivity index (χ1v) is 12.0. The van der Waals surface area contributed by atoms with Crippen molar-refractivity contribution >= 4 is 32.7 Å². The third-order valence-electron chi connectivity index (χ3n) is 5.97. The monoisotopic (exact) mass is 463 g/mol. The molecule has 1 saturated heterocycles. The van der Waals surface area contributed by atoms with Crippen LogP contribution in [0.15, 0.2) is 42.5 Å². The second-order valence-electron chi connectivity index (χ2n) is 8.63. The first-order chi connectivity index (χ1) is 15.9. The van der Waals surface area contributed by atoms with Gasteiger partial charge in [-0.3, -0.25) is 4.79 Å².